The van der Waals surface area contributed by atoms with Crippen LogP contribution in [0.15, 0.2) is 79.4 Å². The van der Waals surface area contributed by atoms with Gasteiger partial charge in [-0.15, -0.1) is 0 Å². The van der Waals surface area contributed by atoms with Gasteiger partial charge in [-0.1, -0.05) is 0 Å². The number of hydrogen-bond acceptors (Lipinski definition) is 5. The summed E-state index contributed by atoms with van der Waals surface area (Å²) in [5.41, 5.74) is 5.91. The van der Waals surface area contributed by atoms with Gasteiger partial charge in [0.2, 0.25) is 0 Å². The Morgan fingerprint density at radius 1 is 1.00 bits per heavy atom. The molecule has 0 spiro atoms. The number of amides is 1. The Kier molecular flexibility index (Phi) is 4.87. The molecule has 8 nitrogen and oxygen atoms in total. The SMILES string of the molecule is CN(C)c1ccc(C(=O)Nc2ccc3nc(-c4ccc(-n5cncn5)cc4)[nH]c3c2)cc1. The molecular weight excluding hydrogens is 402 g/mol. The van der Waals surface area contributed by atoms with Crippen LogP contribution in [0.2, 0.25) is 0 Å². The second-order valence-electron chi connectivity index (χ2n) is 7.60. The van der Waals surface area contributed by atoms with Gasteiger partial charge in [-0.25, -0.2) is 14.6 Å². The van der Waals surface area contributed by atoms with E-state index in [0.717, 1.165) is 33.8 Å². The zero-order valence-corrected chi connectivity index (χ0v) is 17.6. The molecule has 2 N–H and O–H groups in total. The number of fused-ring (bicyclic) bond motifs is 1. The number of carbonyl (C=O) groups excluding carboxylic acids is 1. The standard InChI is InChI=1S/C24H21N7O/c1-30(2)19-8-5-17(6-9-19)24(32)27-18-7-12-21-22(13-18)29-23(28-21)16-3-10-20(11-4-16)31-15-25-14-26-31/h3-15H,1-2H3,(H,27,32)(H,28,29). The van der Waals surface area contributed by atoms with Gasteiger partial charge in [0, 0.05) is 36.6 Å². The maximum Gasteiger partial charge on any atom is 0.255 e. The quantitative estimate of drug-likeness (QED) is 0.444. The molecule has 0 fully saturated rings. The van der Waals surface area contributed by atoms with Crippen molar-refractivity contribution in [3.8, 4) is 17.1 Å². The largest absolute Gasteiger partial charge is 0.378 e. The predicted molar refractivity (Wildman–Crippen MR) is 125 cm³/mol. The van der Waals surface area contributed by atoms with Crippen LogP contribution < -0.4 is 10.2 Å². The summed E-state index contributed by atoms with van der Waals surface area (Å²) in [6.45, 7) is 0. The molecular formula is C24H21N7O. The third-order valence-electron chi connectivity index (χ3n) is 5.21. The number of H-pyrrole nitrogens is 1. The second kappa shape index (κ2) is 7.99. The van der Waals surface area contributed by atoms with Gasteiger partial charge >= 0.3 is 0 Å². The Balaban J connectivity index is 1.35. The number of benzene rings is 3. The highest BCUT2D eigenvalue weighted by atomic mass is 16.1. The number of aromatic nitrogens is 5. The highest BCUT2D eigenvalue weighted by molar-refractivity contribution is 6.05. The van der Waals surface area contributed by atoms with Crippen molar-refractivity contribution >= 4 is 28.3 Å². The molecule has 158 valence electrons. The summed E-state index contributed by atoms with van der Waals surface area (Å²) < 4.78 is 1.70. The summed E-state index contributed by atoms with van der Waals surface area (Å²) in [5, 5.41) is 7.09. The number of nitrogens with zero attached hydrogens (tertiary/aromatic N) is 5. The van der Waals surface area contributed by atoms with Crippen LogP contribution in [0.4, 0.5) is 11.4 Å². The first-order chi connectivity index (χ1) is 15.6. The molecule has 0 bridgehead atoms. The molecule has 2 heterocycles. The van der Waals surface area contributed by atoms with Gasteiger partial charge in [-0.05, 0) is 66.7 Å². The molecule has 0 aliphatic rings. The molecule has 0 aliphatic carbocycles. The van der Waals surface area contributed by atoms with Gasteiger partial charge in [0.15, 0.2) is 0 Å². The zero-order chi connectivity index (χ0) is 22.1. The fraction of sp³-hybridized carbons (Fsp3) is 0.0833. The average Bonchev–Trinajstić information content (AvgIpc) is 3.49. The maximum absolute atomic E-state index is 12.6. The van der Waals surface area contributed by atoms with Crippen LogP contribution in [0, 0.1) is 0 Å². The predicted octanol–water partition coefficient (Wildman–Crippen LogP) is 4.13. The Hall–Kier alpha value is -4.46. The molecule has 5 aromatic rings. The molecule has 0 radical (unpaired) electrons. The lowest BCUT2D eigenvalue weighted by atomic mass is 10.2. The fourth-order valence-electron chi connectivity index (χ4n) is 3.45. The molecule has 8 heteroatoms. The number of anilines is 2. The van der Waals surface area contributed by atoms with Gasteiger partial charge in [0.25, 0.3) is 5.91 Å². The Labute approximate surface area is 184 Å². The monoisotopic (exact) mass is 423 g/mol. The summed E-state index contributed by atoms with van der Waals surface area (Å²) in [6, 6.07) is 21.0. The molecule has 0 saturated heterocycles. The maximum atomic E-state index is 12.6. The van der Waals surface area contributed by atoms with Crippen LogP contribution in [-0.2, 0) is 0 Å². The third kappa shape index (κ3) is 3.81. The number of aromatic amines is 1. The summed E-state index contributed by atoms with van der Waals surface area (Å²) >= 11 is 0. The molecule has 1 amide bonds. The van der Waals surface area contributed by atoms with Crippen LogP contribution in [-0.4, -0.2) is 44.7 Å². The Bertz CT molecular complexity index is 1370. The second-order valence-corrected chi connectivity index (χ2v) is 7.60. The van der Waals surface area contributed by atoms with Gasteiger partial charge in [0.05, 0.1) is 16.7 Å². The average molecular weight is 423 g/mol. The number of nitrogens with one attached hydrogen (secondary N) is 2. The number of hydrogen-bond donors (Lipinski definition) is 2. The fourth-order valence-corrected chi connectivity index (χ4v) is 3.45. The van der Waals surface area contributed by atoms with Crippen molar-refractivity contribution < 1.29 is 4.79 Å². The molecule has 0 aliphatic heterocycles. The van der Waals surface area contributed by atoms with Crippen LogP contribution in [0.5, 0.6) is 0 Å². The summed E-state index contributed by atoms with van der Waals surface area (Å²) in [7, 11) is 3.93. The normalized spacial score (nSPS) is 10.9. The van der Waals surface area contributed by atoms with Crippen molar-refractivity contribution in [1.82, 2.24) is 24.7 Å². The first-order valence-corrected chi connectivity index (χ1v) is 10.1. The van der Waals surface area contributed by atoms with E-state index in [-0.39, 0.29) is 5.91 Å². The highest BCUT2D eigenvalue weighted by Crippen LogP contribution is 2.24. The number of carbonyl (C=O) groups is 1. The molecule has 0 saturated carbocycles. The molecule has 0 atom stereocenters. The van der Waals surface area contributed by atoms with Gasteiger partial charge < -0.3 is 15.2 Å². The summed E-state index contributed by atoms with van der Waals surface area (Å²) in [5.74, 6) is 0.603. The summed E-state index contributed by atoms with van der Waals surface area (Å²) in [6.07, 6.45) is 3.16. The minimum atomic E-state index is -0.155. The van der Waals surface area contributed by atoms with Crippen molar-refractivity contribution in [3.63, 3.8) is 0 Å². The molecule has 0 unspecified atom stereocenters. The minimum Gasteiger partial charge on any atom is -0.378 e. The Morgan fingerprint density at radius 2 is 1.78 bits per heavy atom. The third-order valence-corrected chi connectivity index (χ3v) is 5.21. The lowest BCUT2D eigenvalue weighted by Crippen LogP contribution is -2.13. The highest BCUT2D eigenvalue weighted by Gasteiger charge is 2.10. The number of rotatable bonds is 5. The smallest absolute Gasteiger partial charge is 0.255 e. The topological polar surface area (TPSA) is 91.7 Å². The molecule has 32 heavy (non-hydrogen) atoms. The van der Waals surface area contributed by atoms with E-state index in [1.165, 1.54) is 6.33 Å². The minimum absolute atomic E-state index is 0.155. The van der Waals surface area contributed by atoms with Crippen LogP contribution in [0.3, 0.4) is 0 Å². The lowest BCUT2D eigenvalue weighted by molar-refractivity contribution is 0.102. The van der Waals surface area contributed by atoms with Crippen molar-refractivity contribution in [2.75, 3.05) is 24.3 Å². The Morgan fingerprint density at radius 3 is 2.47 bits per heavy atom. The van der Waals surface area contributed by atoms with Crippen molar-refractivity contribution in [2.45, 2.75) is 0 Å². The van der Waals surface area contributed by atoms with Crippen molar-refractivity contribution in [1.29, 1.82) is 0 Å². The van der Waals surface area contributed by atoms with Crippen LogP contribution in [0.1, 0.15) is 10.4 Å². The van der Waals surface area contributed by atoms with E-state index in [1.54, 1.807) is 11.0 Å². The van der Waals surface area contributed by atoms with E-state index in [9.17, 15) is 4.79 Å². The van der Waals surface area contributed by atoms with E-state index in [0.29, 0.717) is 11.3 Å². The molecule has 5 rings (SSSR count). The summed E-state index contributed by atoms with van der Waals surface area (Å²) in [4.78, 5) is 26.6. The zero-order valence-electron chi connectivity index (χ0n) is 17.6. The van der Waals surface area contributed by atoms with Crippen LogP contribution >= 0.6 is 0 Å². The number of imidazole rings is 1. The van der Waals surface area contributed by atoms with Gasteiger partial charge in [0.1, 0.15) is 18.5 Å². The lowest BCUT2D eigenvalue weighted by Gasteiger charge is -2.12. The van der Waals surface area contributed by atoms with E-state index >= 15 is 0 Å². The molecule has 3 aromatic carbocycles. The first-order valence-electron chi connectivity index (χ1n) is 10.1. The van der Waals surface area contributed by atoms with E-state index < -0.39 is 0 Å². The van der Waals surface area contributed by atoms with E-state index in [1.807, 2.05) is 85.7 Å². The first kappa shape index (κ1) is 19.5. The van der Waals surface area contributed by atoms with E-state index in [4.69, 9.17) is 0 Å². The van der Waals surface area contributed by atoms with Gasteiger partial charge in [-0.2, -0.15) is 5.10 Å². The van der Waals surface area contributed by atoms with E-state index in [2.05, 4.69) is 25.4 Å². The van der Waals surface area contributed by atoms with Crippen molar-refractivity contribution in [3.05, 3.63) is 84.9 Å². The molecule has 2 aromatic heterocycles. The van der Waals surface area contributed by atoms with Gasteiger partial charge in [-0.3, -0.25) is 4.79 Å². The van der Waals surface area contributed by atoms with Crippen LogP contribution in [0.25, 0.3) is 28.1 Å². The van der Waals surface area contributed by atoms with Crippen molar-refractivity contribution in [2.24, 2.45) is 0 Å².